The van der Waals surface area contributed by atoms with Crippen LogP contribution in [-0.4, -0.2) is 72.2 Å². The molecule has 2 aliphatic rings. The highest BCUT2D eigenvalue weighted by molar-refractivity contribution is 5.92. The van der Waals surface area contributed by atoms with Gasteiger partial charge in [0.2, 0.25) is 5.95 Å². The zero-order valence-electron chi connectivity index (χ0n) is 25.8. The van der Waals surface area contributed by atoms with Gasteiger partial charge in [-0.05, 0) is 91.3 Å². The van der Waals surface area contributed by atoms with E-state index in [1.807, 2.05) is 64.6 Å². The van der Waals surface area contributed by atoms with Gasteiger partial charge in [-0.15, -0.1) is 0 Å². The molecule has 1 N–H and O–H groups in total. The Balaban J connectivity index is 1.34. The summed E-state index contributed by atoms with van der Waals surface area (Å²) < 4.78 is 19.1. The molecule has 2 atom stereocenters. The molecule has 2 fully saturated rings. The van der Waals surface area contributed by atoms with Gasteiger partial charge in [-0.25, -0.2) is 24.4 Å². The first-order valence-corrected chi connectivity index (χ1v) is 15.1. The Bertz CT molecular complexity index is 1610. The Morgan fingerprint density at radius 3 is 2.63 bits per heavy atom. The van der Waals surface area contributed by atoms with E-state index in [0.29, 0.717) is 25.6 Å². The van der Waals surface area contributed by atoms with E-state index >= 15 is 0 Å². The summed E-state index contributed by atoms with van der Waals surface area (Å²) in [7, 11) is 0. The zero-order chi connectivity index (χ0) is 30.3. The molecule has 6 heterocycles. The molecule has 0 bridgehead atoms. The van der Waals surface area contributed by atoms with Crippen LogP contribution in [0, 0.1) is 20.8 Å². The molecule has 2 aliphatic heterocycles. The van der Waals surface area contributed by atoms with E-state index in [1.165, 1.54) is 0 Å². The lowest BCUT2D eigenvalue weighted by atomic mass is 10.1. The van der Waals surface area contributed by atoms with Crippen molar-refractivity contribution in [2.45, 2.75) is 91.5 Å². The number of carbonyl (C=O) groups is 1. The maximum absolute atomic E-state index is 12.7. The number of hydrogen-bond acceptors (Lipinski definition) is 10. The van der Waals surface area contributed by atoms with Gasteiger partial charge >= 0.3 is 6.09 Å². The van der Waals surface area contributed by atoms with Crippen LogP contribution in [0.25, 0.3) is 33.7 Å². The van der Waals surface area contributed by atoms with E-state index in [-0.39, 0.29) is 18.4 Å². The number of rotatable bonds is 5. The molecule has 2 saturated heterocycles. The monoisotopic (exact) mass is 588 g/mol. The molecule has 0 aromatic carbocycles. The van der Waals surface area contributed by atoms with Crippen molar-refractivity contribution in [3.8, 4) is 22.6 Å². The maximum Gasteiger partial charge on any atom is 0.410 e. The average Bonchev–Trinajstić information content (AvgIpc) is 3.52. The molecule has 1 amide bonds. The summed E-state index contributed by atoms with van der Waals surface area (Å²) in [5.74, 6) is 1.22. The number of fused-ring (bicyclic) bond motifs is 1. The topological polar surface area (TPSA) is 133 Å². The van der Waals surface area contributed by atoms with Gasteiger partial charge in [0.1, 0.15) is 17.1 Å². The molecule has 4 aromatic heterocycles. The molecule has 4 aromatic rings. The highest BCUT2D eigenvalue weighted by Crippen LogP contribution is 2.35. The number of carbonyl (C=O) groups excluding carboxylic acids is 1. The van der Waals surface area contributed by atoms with Crippen LogP contribution in [0.15, 0.2) is 22.9 Å². The van der Waals surface area contributed by atoms with Crippen molar-refractivity contribution in [2.24, 2.45) is 0 Å². The van der Waals surface area contributed by atoms with E-state index in [9.17, 15) is 4.79 Å². The van der Waals surface area contributed by atoms with Gasteiger partial charge in [-0.1, -0.05) is 5.16 Å². The fourth-order valence-electron chi connectivity index (χ4n) is 5.82. The van der Waals surface area contributed by atoms with Crippen LogP contribution in [0.5, 0.6) is 0 Å². The Hall–Kier alpha value is -4.06. The number of hydrogen-bond donors (Lipinski definition) is 1. The number of nitrogens with zero attached hydrogens (tertiary/aromatic N) is 7. The number of nitrogens with one attached hydrogen (secondary N) is 1. The van der Waals surface area contributed by atoms with Crippen LogP contribution in [0.2, 0.25) is 0 Å². The summed E-state index contributed by atoms with van der Waals surface area (Å²) >= 11 is 0. The van der Waals surface area contributed by atoms with Crippen LogP contribution in [0.4, 0.5) is 10.7 Å². The highest BCUT2D eigenvalue weighted by Gasteiger charge is 2.29. The van der Waals surface area contributed by atoms with E-state index in [2.05, 4.69) is 15.5 Å². The normalized spacial score (nSPS) is 19.5. The average molecular weight is 589 g/mol. The van der Waals surface area contributed by atoms with Crippen molar-refractivity contribution in [1.82, 2.24) is 34.8 Å². The van der Waals surface area contributed by atoms with Gasteiger partial charge in [0.25, 0.3) is 0 Å². The Morgan fingerprint density at radius 2 is 1.91 bits per heavy atom. The van der Waals surface area contributed by atoms with Crippen LogP contribution < -0.4 is 5.32 Å². The van der Waals surface area contributed by atoms with Crippen molar-refractivity contribution < 1.29 is 18.8 Å². The number of aromatic nitrogens is 6. The number of likely N-dealkylation sites (tertiary alicyclic amines) is 1. The largest absolute Gasteiger partial charge is 0.444 e. The highest BCUT2D eigenvalue weighted by atomic mass is 16.6. The van der Waals surface area contributed by atoms with E-state index in [1.54, 1.807) is 4.90 Å². The number of anilines is 1. The minimum Gasteiger partial charge on any atom is -0.444 e. The summed E-state index contributed by atoms with van der Waals surface area (Å²) in [6, 6.07) is 4.02. The zero-order valence-corrected chi connectivity index (χ0v) is 25.8. The van der Waals surface area contributed by atoms with E-state index in [0.717, 1.165) is 82.8 Å². The first-order valence-electron chi connectivity index (χ1n) is 15.1. The second kappa shape index (κ2) is 11.6. The van der Waals surface area contributed by atoms with Crippen molar-refractivity contribution in [3.05, 3.63) is 35.3 Å². The number of pyridine rings is 1. The molecule has 1 unspecified atom stereocenters. The van der Waals surface area contributed by atoms with Gasteiger partial charge in [0.15, 0.2) is 11.9 Å². The van der Waals surface area contributed by atoms with E-state index in [4.69, 9.17) is 29.1 Å². The minimum absolute atomic E-state index is 0.000962. The Labute approximate surface area is 251 Å². The standard InChI is InChI=1S/C31H40N8O4/c1-18-16-32-29(33-21-10-9-14-38(17-21)30(40)42-31(4,5)6)35-26(18)27-22-12-13-23(25-19(2)37-43-20(25)3)34-28(22)39(36-27)24-11-7-8-15-41-24/h12-13,16,21,24H,7-11,14-15,17H2,1-6H3,(H,32,33,35)/t21-,24?/m0/s1. The molecule has 12 nitrogen and oxygen atoms in total. The first-order chi connectivity index (χ1) is 20.6. The number of aryl methyl sites for hydroxylation is 3. The van der Waals surface area contributed by atoms with Gasteiger partial charge < -0.3 is 24.2 Å². The second-order valence-corrected chi connectivity index (χ2v) is 12.5. The molecule has 43 heavy (non-hydrogen) atoms. The lowest BCUT2D eigenvalue weighted by Crippen LogP contribution is -2.47. The van der Waals surface area contributed by atoms with Gasteiger partial charge in [0.05, 0.1) is 22.6 Å². The van der Waals surface area contributed by atoms with Gasteiger partial charge in [-0.3, -0.25) is 0 Å². The van der Waals surface area contributed by atoms with Crippen LogP contribution in [-0.2, 0) is 9.47 Å². The summed E-state index contributed by atoms with van der Waals surface area (Å²) in [5.41, 5.74) is 5.00. The molecule has 6 rings (SSSR count). The van der Waals surface area contributed by atoms with Crippen molar-refractivity contribution >= 4 is 23.1 Å². The third-order valence-electron chi connectivity index (χ3n) is 7.88. The molecule has 0 saturated carbocycles. The van der Waals surface area contributed by atoms with Gasteiger partial charge in [-0.2, -0.15) is 5.10 Å². The molecular formula is C31H40N8O4. The molecule has 0 aliphatic carbocycles. The van der Waals surface area contributed by atoms with Crippen molar-refractivity contribution in [1.29, 1.82) is 0 Å². The summed E-state index contributed by atoms with van der Waals surface area (Å²) in [6.07, 6.45) is 6.03. The Kier molecular flexibility index (Phi) is 7.80. The lowest BCUT2D eigenvalue weighted by molar-refractivity contribution is -0.0368. The number of amides is 1. The fraction of sp³-hybridized carbons (Fsp3) is 0.548. The van der Waals surface area contributed by atoms with Crippen LogP contribution >= 0.6 is 0 Å². The van der Waals surface area contributed by atoms with Crippen molar-refractivity contribution in [2.75, 3.05) is 25.0 Å². The lowest BCUT2D eigenvalue weighted by Gasteiger charge is -2.34. The minimum atomic E-state index is -0.538. The summed E-state index contributed by atoms with van der Waals surface area (Å²) in [6.45, 7) is 13.3. The van der Waals surface area contributed by atoms with Gasteiger partial charge in [0, 0.05) is 37.3 Å². The second-order valence-electron chi connectivity index (χ2n) is 12.5. The summed E-state index contributed by atoms with van der Waals surface area (Å²) in [4.78, 5) is 29.1. The Morgan fingerprint density at radius 1 is 1.07 bits per heavy atom. The molecule has 0 spiro atoms. The predicted octanol–water partition coefficient (Wildman–Crippen LogP) is 5.98. The molecule has 12 heteroatoms. The predicted molar refractivity (Wildman–Crippen MR) is 162 cm³/mol. The van der Waals surface area contributed by atoms with Crippen molar-refractivity contribution in [3.63, 3.8) is 0 Å². The third-order valence-corrected chi connectivity index (χ3v) is 7.88. The third kappa shape index (κ3) is 6.06. The maximum atomic E-state index is 12.7. The number of piperidine rings is 1. The summed E-state index contributed by atoms with van der Waals surface area (Å²) in [5, 5.41) is 13.5. The smallest absolute Gasteiger partial charge is 0.410 e. The first kappa shape index (κ1) is 29.0. The quantitative estimate of drug-likeness (QED) is 0.297. The molecule has 0 radical (unpaired) electrons. The fourth-order valence-corrected chi connectivity index (χ4v) is 5.82. The molecule has 228 valence electrons. The SMILES string of the molecule is Cc1cnc(N[C@H]2CCCN(C(=O)OC(C)(C)C)C2)nc1-c1nn(C2CCCCO2)c2nc(-c3c(C)noc3C)ccc12. The molecular weight excluding hydrogens is 548 g/mol. The van der Waals surface area contributed by atoms with Crippen LogP contribution in [0.1, 0.15) is 76.1 Å². The van der Waals surface area contributed by atoms with Crippen LogP contribution in [0.3, 0.4) is 0 Å². The number of ether oxygens (including phenoxy) is 2. The van der Waals surface area contributed by atoms with E-state index < -0.39 is 5.60 Å².